The van der Waals surface area contributed by atoms with Gasteiger partial charge in [-0.3, -0.25) is 0 Å². The van der Waals surface area contributed by atoms with E-state index < -0.39 is 12.2 Å². The average Bonchev–Trinajstić information content (AvgIpc) is 2.34. The summed E-state index contributed by atoms with van der Waals surface area (Å²) in [7, 11) is 0. The summed E-state index contributed by atoms with van der Waals surface area (Å²) >= 11 is 0. The second kappa shape index (κ2) is 11.4. The van der Waals surface area contributed by atoms with Gasteiger partial charge < -0.3 is 10.2 Å². The van der Waals surface area contributed by atoms with Crippen molar-refractivity contribution < 1.29 is 10.2 Å². The van der Waals surface area contributed by atoms with Crippen molar-refractivity contribution in [3.05, 3.63) is 24.8 Å². The summed E-state index contributed by atoms with van der Waals surface area (Å²) in [6.45, 7) is 5.60. The fourth-order valence-electron chi connectivity index (χ4n) is 1.37. The van der Waals surface area contributed by atoms with Gasteiger partial charge in [-0.05, 0) is 18.9 Å². The SMILES string of the molecule is C=C[C@H](O)C#C[C@@H](O)/C=C\CCCCCCC. The van der Waals surface area contributed by atoms with Gasteiger partial charge in [0.05, 0.1) is 0 Å². The Labute approximate surface area is 105 Å². The number of rotatable bonds is 8. The van der Waals surface area contributed by atoms with E-state index in [0.717, 1.165) is 12.8 Å². The zero-order chi connectivity index (χ0) is 12.9. The second-order valence-corrected chi connectivity index (χ2v) is 4.05. The molecule has 96 valence electrons. The number of unbranched alkanes of at least 4 members (excludes halogenated alkanes) is 5. The Morgan fingerprint density at radius 3 is 2.35 bits per heavy atom. The van der Waals surface area contributed by atoms with Gasteiger partial charge in [-0.2, -0.15) is 0 Å². The fraction of sp³-hybridized carbons (Fsp3) is 0.600. The van der Waals surface area contributed by atoms with Gasteiger partial charge in [0, 0.05) is 0 Å². The van der Waals surface area contributed by atoms with Crippen molar-refractivity contribution in [2.45, 2.75) is 57.7 Å². The Balaban J connectivity index is 3.62. The molecule has 0 aliphatic heterocycles. The smallest absolute Gasteiger partial charge is 0.133 e. The topological polar surface area (TPSA) is 40.5 Å². The summed E-state index contributed by atoms with van der Waals surface area (Å²) in [4.78, 5) is 0. The van der Waals surface area contributed by atoms with E-state index >= 15 is 0 Å². The van der Waals surface area contributed by atoms with Crippen LogP contribution in [-0.2, 0) is 0 Å². The molecule has 0 spiro atoms. The van der Waals surface area contributed by atoms with Gasteiger partial charge in [0.1, 0.15) is 12.2 Å². The molecular formula is C15H24O2. The molecule has 0 radical (unpaired) electrons. The monoisotopic (exact) mass is 236 g/mol. The molecule has 0 aliphatic carbocycles. The van der Waals surface area contributed by atoms with E-state index in [1.807, 2.05) is 6.08 Å². The predicted octanol–water partition coefficient (Wildman–Crippen LogP) is 2.81. The minimum atomic E-state index is -0.855. The van der Waals surface area contributed by atoms with Gasteiger partial charge in [0.15, 0.2) is 0 Å². The van der Waals surface area contributed by atoms with E-state index in [0.29, 0.717) is 0 Å². The van der Waals surface area contributed by atoms with Crippen LogP contribution in [0.4, 0.5) is 0 Å². The van der Waals surface area contributed by atoms with E-state index in [1.54, 1.807) is 6.08 Å². The summed E-state index contributed by atoms with van der Waals surface area (Å²) in [6, 6.07) is 0. The summed E-state index contributed by atoms with van der Waals surface area (Å²) in [5.41, 5.74) is 0. The minimum Gasteiger partial charge on any atom is -0.377 e. The van der Waals surface area contributed by atoms with Crippen molar-refractivity contribution in [2.24, 2.45) is 0 Å². The van der Waals surface area contributed by atoms with Crippen LogP contribution in [0.15, 0.2) is 24.8 Å². The summed E-state index contributed by atoms with van der Waals surface area (Å²) in [5, 5.41) is 18.5. The standard InChI is InChI=1S/C15H24O2/c1-3-5-6-7-8-9-10-11-15(17)13-12-14(16)4-2/h4,10-11,14-17H,2-3,5-9H2,1H3/b11-10-/t14-,15-/m0/s1. The van der Waals surface area contributed by atoms with Gasteiger partial charge in [-0.15, -0.1) is 0 Å². The van der Waals surface area contributed by atoms with E-state index in [-0.39, 0.29) is 0 Å². The average molecular weight is 236 g/mol. The summed E-state index contributed by atoms with van der Waals surface area (Å²) in [6.07, 6.45) is 10.5. The molecule has 0 saturated carbocycles. The molecule has 0 aliphatic rings. The Morgan fingerprint density at radius 2 is 1.71 bits per heavy atom. The highest BCUT2D eigenvalue weighted by Crippen LogP contribution is 2.05. The predicted molar refractivity (Wildman–Crippen MR) is 72.5 cm³/mol. The van der Waals surface area contributed by atoms with Crippen LogP contribution in [0, 0.1) is 11.8 Å². The highest BCUT2D eigenvalue weighted by atomic mass is 16.3. The van der Waals surface area contributed by atoms with Gasteiger partial charge in [-0.25, -0.2) is 0 Å². The lowest BCUT2D eigenvalue weighted by atomic mass is 10.1. The van der Waals surface area contributed by atoms with Gasteiger partial charge >= 0.3 is 0 Å². The molecule has 0 bridgehead atoms. The first kappa shape index (κ1) is 16.0. The highest BCUT2D eigenvalue weighted by Gasteiger charge is 1.93. The summed E-state index contributed by atoms with van der Waals surface area (Å²) in [5.74, 6) is 5.03. The van der Waals surface area contributed by atoms with Crippen molar-refractivity contribution in [1.29, 1.82) is 0 Å². The third kappa shape index (κ3) is 11.2. The van der Waals surface area contributed by atoms with Crippen LogP contribution in [0.25, 0.3) is 0 Å². The van der Waals surface area contributed by atoms with Gasteiger partial charge in [0.2, 0.25) is 0 Å². The largest absolute Gasteiger partial charge is 0.377 e. The lowest BCUT2D eigenvalue weighted by Crippen LogP contribution is -2.01. The minimum absolute atomic E-state index is 0.791. The first-order valence-electron chi connectivity index (χ1n) is 6.37. The zero-order valence-corrected chi connectivity index (χ0v) is 10.7. The summed E-state index contributed by atoms with van der Waals surface area (Å²) < 4.78 is 0. The van der Waals surface area contributed by atoms with Crippen LogP contribution in [0.5, 0.6) is 0 Å². The first-order valence-corrected chi connectivity index (χ1v) is 6.37. The maximum Gasteiger partial charge on any atom is 0.133 e. The van der Waals surface area contributed by atoms with Crippen LogP contribution >= 0.6 is 0 Å². The Bertz CT molecular complexity index is 270. The molecule has 0 amide bonds. The highest BCUT2D eigenvalue weighted by molar-refractivity contribution is 5.17. The van der Waals surface area contributed by atoms with Gasteiger partial charge in [0.25, 0.3) is 0 Å². The molecule has 2 heteroatoms. The lowest BCUT2D eigenvalue weighted by Gasteiger charge is -1.97. The van der Waals surface area contributed by atoms with Crippen molar-refractivity contribution >= 4 is 0 Å². The fourth-order valence-corrected chi connectivity index (χ4v) is 1.37. The Morgan fingerprint density at radius 1 is 1.06 bits per heavy atom. The number of hydrogen-bond donors (Lipinski definition) is 2. The normalized spacial score (nSPS) is 14.1. The third-order valence-corrected chi connectivity index (χ3v) is 2.40. The van der Waals surface area contributed by atoms with Crippen molar-refractivity contribution in [1.82, 2.24) is 0 Å². The third-order valence-electron chi connectivity index (χ3n) is 2.40. The van der Waals surface area contributed by atoms with Crippen molar-refractivity contribution in [2.75, 3.05) is 0 Å². The molecule has 17 heavy (non-hydrogen) atoms. The van der Waals surface area contributed by atoms with Crippen LogP contribution in [-0.4, -0.2) is 22.4 Å². The molecule has 0 aromatic heterocycles. The number of hydrogen-bond acceptors (Lipinski definition) is 2. The molecule has 0 fully saturated rings. The molecule has 0 heterocycles. The van der Waals surface area contributed by atoms with Crippen molar-refractivity contribution in [3.63, 3.8) is 0 Å². The second-order valence-electron chi connectivity index (χ2n) is 4.05. The maximum absolute atomic E-state index is 9.43. The van der Waals surface area contributed by atoms with Crippen LogP contribution in [0.3, 0.4) is 0 Å². The van der Waals surface area contributed by atoms with E-state index in [9.17, 15) is 5.11 Å². The molecule has 2 atom stereocenters. The molecular weight excluding hydrogens is 212 g/mol. The zero-order valence-electron chi connectivity index (χ0n) is 10.7. The number of aliphatic hydroxyl groups is 2. The van der Waals surface area contributed by atoms with Crippen LogP contribution < -0.4 is 0 Å². The van der Waals surface area contributed by atoms with Crippen molar-refractivity contribution in [3.8, 4) is 11.8 Å². The van der Waals surface area contributed by atoms with Gasteiger partial charge in [-0.1, -0.05) is 63.2 Å². The molecule has 0 aromatic rings. The number of aliphatic hydroxyl groups excluding tert-OH is 2. The molecule has 0 aromatic carbocycles. The first-order chi connectivity index (χ1) is 8.20. The van der Waals surface area contributed by atoms with Crippen LogP contribution in [0.1, 0.15) is 45.4 Å². The molecule has 0 rings (SSSR count). The molecule has 2 nitrogen and oxygen atoms in total. The van der Waals surface area contributed by atoms with E-state index in [1.165, 1.54) is 31.8 Å². The quantitative estimate of drug-likeness (QED) is 0.386. The van der Waals surface area contributed by atoms with E-state index in [2.05, 4.69) is 25.3 Å². The molecule has 0 saturated heterocycles. The lowest BCUT2D eigenvalue weighted by molar-refractivity contribution is 0.270. The van der Waals surface area contributed by atoms with Crippen LogP contribution in [0.2, 0.25) is 0 Å². The molecule has 0 unspecified atom stereocenters. The number of allylic oxidation sites excluding steroid dienone is 1. The molecule has 2 N–H and O–H groups in total. The maximum atomic E-state index is 9.43. The van der Waals surface area contributed by atoms with E-state index in [4.69, 9.17) is 5.11 Å². The Kier molecular flexibility index (Phi) is 10.7. The Hall–Kier alpha value is -1.04.